The first-order chi connectivity index (χ1) is 14.1. The average molecular weight is 390 g/mol. The van der Waals surface area contributed by atoms with Gasteiger partial charge in [-0.3, -0.25) is 4.68 Å². The largest absolute Gasteiger partial charge is 0.354 e. The average Bonchev–Trinajstić information content (AvgIpc) is 3.23. The minimum atomic E-state index is 0.629. The second kappa shape index (κ2) is 8.03. The van der Waals surface area contributed by atoms with E-state index in [1.54, 1.807) is 6.20 Å². The van der Waals surface area contributed by atoms with Crippen LogP contribution in [0.25, 0.3) is 22.3 Å². The van der Waals surface area contributed by atoms with Crippen molar-refractivity contribution < 1.29 is 0 Å². The van der Waals surface area contributed by atoms with Crippen LogP contribution in [0.5, 0.6) is 0 Å². The quantitative estimate of drug-likeness (QED) is 0.517. The minimum Gasteiger partial charge on any atom is -0.354 e. The third-order valence-corrected chi connectivity index (χ3v) is 5.27. The molecule has 1 N–H and O–H groups in total. The molecule has 3 heterocycles. The van der Waals surface area contributed by atoms with Crippen molar-refractivity contribution in [2.24, 2.45) is 0 Å². The number of para-hydroxylation sites is 2. The zero-order valence-corrected chi connectivity index (χ0v) is 17.5. The lowest BCUT2D eigenvalue weighted by atomic mass is 10.1. The molecule has 0 bridgehead atoms. The number of aryl methyl sites for hydroxylation is 3. The smallest absolute Gasteiger partial charge is 0.223 e. The maximum atomic E-state index is 4.79. The first kappa shape index (κ1) is 19.1. The van der Waals surface area contributed by atoms with Gasteiger partial charge in [-0.1, -0.05) is 12.1 Å². The molecule has 0 spiro atoms. The van der Waals surface area contributed by atoms with Crippen LogP contribution in [-0.2, 0) is 19.5 Å². The van der Waals surface area contributed by atoms with Crippen LogP contribution in [0, 0.1) is 13.8 Å². The van der Waals surface area contributed by atoms with Gasteiger partial charge in [-0.2, -0.15) is 5.10 Å². The molecule has 150 valence electrons. The summed E-state index contributed by atoms with van der Waals surface area (Å²) in [6.07, 6.45) is 2.61. The topological polar surface area (TPSA) is 73.5 Å². The summed E-state index contributed by atoms with van der Waals surface area (Å²) in [5, 5.41) is 7.96. The number of nitrogens with one attached hydrogen (secondary N) is 1. The van der Waals surface area contributed by atoms with E-state index in [1.165, 1.54) is 5.52 Å². The van der Waals surface area contributed by atoms with Gasteiger partial charge in [-0.25, -0.2) is 15.0 Å². The zero-order valence-electron chi connectivity index (χ0n) is 17.5. The maximum absolute atomic E-state index is 4.79. The van der Waals surface area contributed by atoms with Crippen molar-refractivity contribution in [3.05, 3.63) is 53.7 Å². The molecule has 0 saturated heterocycles. The van der Waals surface area contributed by atoms with Gasteiger partial charge in [0.25, 0.3) is 0 Å². The Morgan fingerprint density at radius 1 is 1.00 bits per heavy atom. The maximum Gasteiger partial charge on any atom is 0.223 e. The number of hydrogen-bond acceptors (Lipinski definition) is 5. The highest BCUT2D eigenvalue weighted by molar-refractivity contribution is 5.75. The molecule has 7 nitrogen and oxygen atoms in total. The highest BCUT2D eigenvalue weighted by atomic mass is 15.3. The number of fused-ring (bicyclic) bond motifs is 1. The summed E-state index contributed by atoms with van der Waals surface area (Å²) < 4.78 is 4.27. The van der Waals surface area contributed by atoms with Gasteiger partial charge < -0.3 is 9.88 Å². The number of aromatic nitrogens is 6. The van der Waals surface area contributed by atoms with Crippen molar-refractivity contribution in [3.8, 4) is 11.3 Å². The Balaban J connectivity index is 1.51. The first-order valence-corrected chi connectivity index (χ1v) is 10.2. The van der Waals surface area contributed by atoms with Crippen LogP contribution >= 0.6 is 0 Å². The molecule has 0 aliphatic heterocycles. The predicted molar refractivity (Wildman–Crippen MR) is 116 cm³/mol. The van der Waals surface area contributed by atoms with Gasteiger partial charge >= 0.3 is 0 Å². The van der Waals surface area contributed by atoms with Crippen molar-refractivity contribution in [2.45, 2.75) is 47.2 Å². The number of benzene rings is 1. The summed E-state index contributed by atoms with van der Waals surface area (Å²) >= 11 is 0. The second-order valence-electron chi connectivity index (χ2n) is 7.06. The van der Waals surface area contributed by atoms with Gasteiger partial charge in [-0.15, -0.1) is 0 Å². The van der Waals surface area contributed by atoms with Gasteiger partial charge in [0.2, 0.25) is 5.95 Å². The summed E-state index contributed by atoms with van der Waals surface area (Å²) in [6, 6.07) is 10.2. The van der Waals surface area contributed by atoms with E-state index in [2.05, 4.69) is 58.9 Å². The Morgan fingerprint density at radius 2 is 1.83 bits per heavy atom. The van der Waals surface area contributed by atoms with Crippen LogP contribution in [0.3, 0.4) is 0 Å². The SMILES string of the molecule is CCn1nc(C)c(-c2ccnc(NCCc3nc4ccccc4n3CC)n2)c1C. The molecule has 3 aromatic heterocycles. The molecule has 0 amide bonds. The summed E-state index contributed by atoms with van der Waals surface area (Å²) in [5.74, 6) is 1.71. The molecule has 0 aliphatic carbocycles. The highest BCUT2D eigenvalue weighted by Crippen LogP contribution is 2.25. The van der Waals surface area contributed by atoms with Crippen molar-refractivity contribution >= 4 is 17.0 Å². The van der Waals surface area contributed by atoms with Gasteiger partial charge in [0.1, 0.15) is 5.82 Å². The molecule has 7 heteroatoms. The van der Waals surface area contributed by atoms with E-state index in [4.69, 9.17) is 9.97 Å². The van der Waals surface area contributed by atoms with E-state index in [9.17, 15) is 0 Å². The molecular formula is C22H27N7. The monoisotopic (exact) mass is 389 g/mol. The summed E-state index contributed by atoms with van der Waals surface area (Å²) in [5.41, 5.74) is 6.34. The lowest BCUT2D eigenvalue weighted by Crippen LogP contribution is -2.12. The van der Waals surface area contributed by atoms with Gasteiger partial charge in [0.15, 0.2) is 0 Å². The van der Waals surface area contributed by atoms with Crippen LogP contribution < -0.4 is 5.32 Å². The van der Waals surface area contributed by atoms with Crippen molar-refractivity contribution in [3.63, 3.8) is 0 Å². The normalized spacial score (nSPS) is 11.3. The molecule has 0 atom stereocenters. The fourth-order valence-corrected chi connectivity index (χ4v) is 3.91. The fourth-order valence-electron chi connectivity index (χ4n) is 3.91. The highest BCUT2D eigenvalue weighted by Gasteiger charge is 2.15. The molecule has 29 heavy (non-hydrogen) atoms. The molecule has 0 saturated carbocycles. The predicted octanol–water partition coefficient (Wildman–Crippen LogP) is 4.00. The number of nitrogens with zero attached hydrogens (tertiary/aromatic N) is 6. The number of anilines is 1. The fraction of sp³-hybridized carbons (Fsp3) is 0.364. The van der Waals surface area contributed by atoms with Crippen LogP contribution in [0.4, 0.5) is 5.95 Å². The van der Waals surface area contributed by atoms with E-state index in [1.807, 2.05) is 23.7 Å². The van der Waals surface area contributed by atoms with Gasteiger partial charge in [-0.05, 0) is 45.9 Å². The van der Waals surface area contributed by atoms with Gasteiger partial charge in [0, 0.05) is 43.5 Å². The van der Waals surface area contributed by atoms with Crippen molar-refractivity contribution in [1.82, 2.24) is 29.3 Å². The molecule has 0 unspecified atom stereocenters. The third-order valence-electron chi connectivity index (χ3n) is 5.27. The Morgan fingerprint density at radius 3 is 2.59 bits per heavy atom. The Labute approximate surface area is 170 Å². The van der Waals surface area contributed by atoms with E-state index < -0.39 is 0 Å². The molecule has 1 aromatic carbocycles. The number of imidazole rings is 1. The number of hydrogen-bond donors (Lipinski definition) is 1. The van der Waals surface area contributed by atoms with E-state index >= 15 is 0 Å². The lowest BCUT2D eigenvalue weighted by Gasteiger charge is -2.08. The molecule has 0 aliphatic rings. The standard InChI is InChI=1S/C22H27N7/c1-5-28-19-10-8-7-9-17(19)25-20(28)12-14-24-22-23-13-11-18(26-22)21-15(3)27-29(6-2)16(21)4/h7-11,13H,5-6,12,14H2,1-4H3,(H,23,24,26). The Kier molecular flexibility index (Phi) is 5.29. The number of rotatable bonds is 7. The van der Waals surface area contributed by atoms with Crippen molar-refractivity contribution in [2.75, 3.05) is 11.9 Å². The molecular weight excluding hydrogens is 362 g/mol. The van der Waals surface area contributed by atoms with Crippen LogP contribution in [0.1, 0.15) is 31.1 Å². The first-order valence-electron chi connectivity index (χ1n) is 10.2. The summed E-state index contributed by atoms with van der Waals surface area (Å²) in [4.78, 5) is 13.9. The van der Waals surface area contributed by atoms with E-state index in [-0.39, 0.29) is 0 Å². The third kappa shape index (κ3) is 3.60. The molecule has 4 rings (SSSR count). The second-order valence-corrected chi connectivity index (χ2v) is 7.06. The lowest BCUT2D eigenvalue weighted by molar-refractivity contribution is 0.634. The molecule has 0 fully saturated rings. The molecule has 4 aromatic rings. The van der Waals surface area contributed by atoms with Crippen LogP contribution in [-0.4, -0.2) is 35.8 Å². The summed E-state index contributed by atoms with van der Waals surface area (Å²) in [7, 11) is 0. The van der Waals surface area contributed by atoms with Crippen molar-refractivity contribution in [1.29, 1.82) is 0 Å². The minimum absolute atomic E-state index is 0.629. The summed E-state index contributed by atoms with van der Waals surface area (Å²) in [6.45, 7) is 10.8. The van der Waals surface area contributed by atoms with E-state index in [0.29, 0.717) is 5.95 Å². The Bertz CT molecular complexity index is 1140. The Hall–Kier alpha value is -3.22. The van der Waals surface area contributed by atoms with E-state index in [0.717, 1.165) is 60.0 Å². The zero-order chi connectivity index (χ0) is 20.4. The molecule has 0 radical (unpaired) electrons. The van der Waals surface area contributed by atoms with Crippen LogP contribution in [0.15, 0.2) is 36.5 Å². The van der Waals surface area contributed by atoms with Gasteiger partial charge in [0.05, 0.1) is 22.4 Å². The van der Waals surface area contributed by atoms with Crippen LogP contribution in [0.2, 0.25) is 0 Å².